The molecule has 0 aliphatic rings. The Bertz CT molecular complexity index is 751. The number of hydrogen-bond donors (Lipinski definition) is 0. The van der Waals surface area contributed by atoms with Gasteiger partial charge in [0.05, 0.1) is 30.7 Å². The molecule has 0 spiro atoms. The first-order chi connectivity index (χ1) is 14.6. The van der Waals surface area contributed by atoms with Gasteiger partial charge in [0.1, 0.15) is 5.75 Å². The number of ether oxygens (including phenoxy) is 3. The van der Waals surface area contributed by atoms with E-state index in [-0.39, 0.29) is 29.1 Å². The summed E-state index contributed by atoms with van der Waals surface area (Å²) in [5.41, 5.74) is 0.212. The number of carbonyl (C=O) groups excluding carboxylic acids is 3. The number of carbonyl (C=O) groups is 3. The fourth-order valence-electron chi connectivity index (χ4n) is 3.18. The van der Waals surface area contributed by atoms with Gasteiger partial charge in [-0.25, -0.2) is 4.79 Å². The summed E-state index contributed by atoms with van der Waals surface area (Å²) >= 11 is 4.89. The summed E-state index contributed by atoms with van der Waals surface area (Å²) in [4.78, 5) is 35.5. The summed E-state index contributed by atoms with van der Waals surface area (Å²) in [6, 6.07) is 7.33. The molecule has 174 valence electrons. The second kappa shape index (κ2) is 13.1. The van der Waals surface area contributed by atoms with Crippen LogP contribution in [0, 0.1) is 5.41 Å². The average Bonchev–Trinajstić information content (AvgIpc) is 2.76. The quantitative estimate of drug-likeness (QED) is 0.264. The predicted octanol–water partition coefficient (Wildman–Crippen LogP) is 4.56. The zero-order valence-corrected chi connectivity index (χ0v) is 21.4. The number of alkyl halides is 1. The monoisotopic (exact) mass is 516 g/mol. The van der Waals surface area contributed by atoms with Gasteiger partial charge in [0.15, 0.2) is 12.4 Å². The van der Waals surface area contributed by atoms with Crippen molar-refractivity contribution in [3.63, 3.8) is 0 Å². The van der Waals surface area contributed by atoms with Crippen molar-refractivity contribution in [2.75, 3.05) is 37.7 Å². The molecule has 1 aromatic rings. The molecule has 0 heterocycles. The van der Waals surface area contributed by atoms with E-state index in [0.717, 1.165) is 24.2 Å². The summed E-state index contributed by atoms with van der Waals surface area (Å²) in [7, 11) is 2.70. The number of hydrogen-bond acceptors (Lipinski definition) is 7. The van der Waals surface area contributed by atoms with Gasteiger partial charge in [-0.2, -0.15) is 0 Å². The molecule has 0 saturated heterocycles. The highest BCUT2D eigenvalue weighted by atomic mass is 79.9. The van der Waals surface area contributed by atoms with Crippen LogP contribution in [-0.4, -0.2) is 55.4 Å². The summed E-state index contributed by atoms with van der Waals surface area (Å²) < 4.78 is 14.8. The number of benzene rings is 1. The molecule has 0 amide bonds. The van der Waals surface area contributed by atoms with E-state index >= 15 is 0 Å². The van der Waals surface area contributed by atoms with E-state index in [1.165, 1.54) is 14.2 Å². The van der Waals surface area contributed by atoms with E-state index in [1.807, 2.05) is 25.1 Å². The van der Waals surface area contributed by atoms with Crippen LogP contribution in [0.1, 0.15) is 45.6 Å². The van der Waals surface area contributed by atoms with Crippen molar-refractivity contribution >= 4 is 45.4 Å². The van der Waals surface area contributed by atoms with Gasteiger partial charge in [0.25, 0.3) is 0 Å². The number of ketones is 1. The van der Waals surface area contributed by atoms with E-state index in [9.17, 15) is 14.4 Å². The van der Waals surface area contributed by atoms with E-state index < -0.39 is 11.4 Å². The van der Waals surface area contributed by atoms with Crippen molar-refractivity contribution in [3.05, 3.63) is 29.8 Å². The van der Waals surface area contributed by atoms with Crippen molar-refractivity contribution in [2.24, 2.45) is 5.41 Å². The first-order valence-corrected chi connectivity index (χ1v) is 12.4. The van der Waals surface area contributed by atoms with E-state index in [1.54, 1.807) is 17.8 Å². The van der Waals surface area contributed by atoms with Gasteiger partial charge in [-0.15, -0.1) is 11.8 Å². The Morgan fingerprint density at radius 1 is 1.03 bits per heavy atom. The molecule has 0 aliphatic carbocycles. The Labute approximate surface area is 197 Å². The van der Waals surface area contributed by atoms with Gasteiger partial charge in [-0.1, -0.05) is 48.3 Å². The number of halogens is 1. The zero-order chi connectivity index (χ0) is 23.5. The molecule has 0 aromatic heterocycles. The van der Waals surface area contributed by atoms with Crippen LogP contribution in [0.5, 0.6) is 5.75 Å². The highest BCUT2D eigenvalue weighted by Crippen LogP contribution is 2.36. The lowest BCUT2D eigenvalue weighted by Crippen LogP contribution is -2.34. The molecule has 1 aromatic carbocycles. The van der Waals surface area contributed by atoms with E-state index in [0.29, 0.717) is 17.9 Å². The summed E-state index contributed by atoms with van der Waals surface area (Å²) in [6.45, 7) is 6.11. The molecule has 1 unspecified atom stereocenters. The molecule has 0 radical (unpaired) electrons. The predicted molar refractivity (Wildman–Crippen MR) is 127 cm³/mol. The molecule has 0 bridgehead atoms. The first kappa shape index (κ1) is 27.5. The van der Waals surface area contributed by atoms with Crippen LogP contribution in [0.4, 0.5) is 0 Å². The molecular weight excluding hydrogens is 484 g/mol. The minimum absolute atomic E-state index is 0.0303. The van der Waals surface area contributed by atoms with Gasteiger partial charge >= 0.3 is 11.9 Å². The zero-order valence-electron chi connectivity index (χ0n) is 19.0. The maximum absolute atomic E-state index is 12.9. The van der Waals surface area contributed by atoms with Gasteiger partial charge in [-0.3, -0.25) is 9.59 Å². The van der Waals surface area contributed by atoms with Gasteiger partial charge < -0.3 is 14.2 Å². The third kappa shape index (κ3) is 9.23. The maximum Gasteiger partial charge on any atom is 0.343 e. The third-order valence-electron chi connectivity index (χ3n) is 5.26. The van der Waals surface area contributed by atoms with E-state index in [4.69, 9.17) is 4.74 Å². The molecule has 1 atom stereocenters. The Morgan fingerprint density at radius 3 is 2.32 bits per heavy atom. The number of esters is 2. The van der Waals surface area contributed by atoms with Gasteiger partial charge in [-0.05, 0) is 48.6 Å². The normalized spacial score (nSPS) is 13.2. The molecule has 0 fully saturated rings. The highest BCUT2D eigenvalue weighted by Gasteiger charge is 2.34. The van der Waals surface area contributed by atoms with Crippen molar-refractivity contribution < 1.29 is 28.6 Å². The Hall–Kier alpha value is -1.54. The van der Waals surface area contributed by atoms with Gasteiger partial charge in [0.2, 0.25) is 0 Å². The van der Waals surface area contributed by atoms with Crippen LogP contribution in [0.2, 0.25) is 0 Å². The Morgan fingerprint density at radius 2 is 1.71 bits per heavy atom. The Balaban J connectivity index is 2.82. The first-order valence-electron chi connectivity index (χ1n) is 10.1. The second-order valence-electron chi connectivity index (χ2n) is 8.37. The number of rotatable bonds is 14. The minimum atomic E-state index is -0.677. The molecular formula is C23H33BrO6S. The Kier molecular flexibility index (Phi) is 11.6. The summed E-state index contributed by atoms with van der Waals surface area (Å²) in [5.74, 6) is 1.12. The molecule has 6 nitrogen and oxygen atoms in total. The fraction of sp³-hybridized carbons (Fsp3) is 0.609. The molecule has 0 aliphatic heterocycles. The van der Waals surface area contributed by atoms with Crippen LogP contribution in [0.15, 0.2) is 24.3 Å². The smallest absolute Gasteiger partial charge is 0.343 e. The van der Waals surface area contributed by atoms with Crippen LogP contribution < -0.4 is 4.74 Å². The highest BCUT2D eigenvalue weighted by molar-refractivity contribution is 9.09. The fourth-order valence-corrected chi connectivity index (χ4v) is 4.89. The van der Waals surface area contributed by atoms with Crippen molar-refractivity contribution in [2.45, 2.75) is 45.4 Å². The van der Waals surface area contributed by atoms with Crippen molar-refractivity contribution in [3.8, 4) is 5.75 Å². The number of methoxy groups -OCH3 is 2. The van der Waals surface area contributed by atoms with Crippen LogP contribution in [-0.2, 0) is 29.3 Å². The average molecular weight is 517 g/mol. The lowest BCUT2D eigenvalue weighted by molar-refractivity contribution is -0.143. The second-order valence-corrected chi connectivity index (χ2v) is 9.91. The number of Topliss-reactive ketones (excluding diaryl/α,β-unsaturated/α-hetero) is 1. The molecule has 0 N–H and O–H groups in total. The van der Waals surface area contributed by atoms with Crippen LogP contribution in [0.25, 0.3) is 0 Å². The van der Waals surface area contributed by atoms with E-state index in [2.05, 4.69) is 39.3 Å². The molecule has 8 heteroatoms. The summed E-state index contributed by atoms with van der Waals surface area (Å²) in [5, 5.41) is 0.259. The number of thioether (sulfide) groups is 1. The SMILES string of the molecule is COC(=O)COc1cccc(C(C)(CCCC(C)(C)CSCC(=O)OC)C(=O)CBr)c1. The lowest BCUT2D eigenvalue weighted by atomic mass is 9.74. The lowest BCUT2D eigenvalue weighted by Gasteiger charge is -2.31. The maximum atomic E-state index is 12.9. The molecule has 0 saturated carbocycles. The van der Waals surface area contributed by atoms with Crippen LogP contribution >= 0.6 is 27.7 Å². The largest absolute Gasteiger partial charge is 0.482 e. The molecule has 31 heavy (non-hydrogen) atoms. The minimum Gasteiger partial charge on any atom is -0.482 e. The summed E-state index contributed by atoms with van der Waals surface area (Å²) in [6.07, 6.45) is 2.46. The standard InChI is InChI=1S/C23H33BrO6S/c1-22(2,16-31-15-21(27)29-5)10-7-11-23(3,19(25)13-24)17-8-6-9-18(12-17)30-14-20(26)28-4/h6,8-9,12H,7,10-11,13-16H2,1-5H3. The topological polar surface area (TPSA) is 78.9 Å². The van der Waals surface area contributed by atoms with Crippen molar-refractivity contribution in [1.82, 2.24) is 0 Å². The van der Waals surface area contributed by atoms with Gasteiger partial charge in [0, 0.05) is 0 Å². The van der Waals surface area contributed by atoms with Crippen molar-refractivity contribution in [1.29, 1.82) is 0 Å². The molecule has 1 rings (SSSR count). The third-order valence-corrected chi connectivity index (χ3v) is 7.20. The van der Waals surface area contributed by atoms with Crippen LogP contribution in [0.3, 0.4) is 0 Å².